The van der Waals surface area contributed by atoms with E-state index < -0.39 is 5.97 Å². The predicted octanol–water partition coefficient (Wildman–Crippen LogP) is 1.78. The zero-order valence-corrected chi connectivity index (χ0v) is 9.52. The number of hydrogen-bond acceptors (Lipinski definition) is 3. The van der Waals surface area contributed by atoms with Gasteiger partial charge >= 0.3 is 5.97 Å². The number of halogens is 1. The summed E-state index contributed by atoms with van der Waals surface area (Å²) < 4.78 is 0. The highest BCUT2D eigenvalue weighted by atomic mass is 35.5. The van der Waals surface area contributed by atoms with Gasteiger partial charge in [0.1, 0.15) is 11.2 Å². The van der Waals surface area contributed by atoms with E-state index in [1.54, 1.807) is 12.3 Å². The Morgan fingerprint density at radius 2 is 2.44 bits per heavy atom. The molecule has 1 fully saturated rings. The lowest BCUT2D eigenvalue weighted by Crippen LogP contribution is -2.35. The highest BCUT2D eigenvalue weighted by molar-refractivity contribution is 6.29. The number of carboxylic acid groups (broad SMARTS) is 1. The van der Waals surface area contributed by atoms with Crippen LogP contribution in [0.5, 0.6) is 0 Å². The molecule has 1 N–H and O–H groups in total. The topological polar surface area (TPSA) is 53.4 Å². The van der Waals surface area contributed by atoms with Crippen LogP contribution in [0.15, 0.2) is 18.3 Å². The van der Waals surface area contributed by atoms with Crippen molar-refractivity contribution in [2.75, 3.05) is 6.54 Å². The van der Waals surface area contributed by atoms with Gasteiger partial charge in [0.25, 0.3) is 0 Å². The average molecular weight is 241 g/mol. The lowest BCUT2D eigenvalue weighted by Gasteiger charge is -2.20. The maximum absolute atomic E-state index is 11.0. The van der Waals surface area contributed by atoms with Gasteiger partial charge in [-0.2, -0.15) is 0 Å². The van der Waals surface area contributed by atoms with E-state index in [1.165, 1.54) is 0 Å². The lowest BCUT2D eigenvalue weighted by atomic mass is 10.2. The summed E-state index contributed by atoms with van der Waals surface area (Å²) in [5.41, 5.74) is 0.998. The number of carbonyl (C=O) groups is 1. The zero-order chi connectivity index (χ0) is 11.5. The highest BCUT2D eigenvalue weighted by Gasteiger charge is 2.30. The second kappa shape index (κ2) is 4.80. The predicted molar refractivity (Wildman–Crippen MR) is 60.3 cm³/mol. The Morgan fingerprint density at radius 1 is 1.62 bits per heavy atom. The summed E-state index contributed by atoms with van der Waals surface area (Å²) in [6, 6.07) is 3.26. The Hall–Kier alpha value is -1.13. The number of nitrogens with zero attached hydrogens (tertiary/aromatic N) is 2. The molecule has 86 valence electrons. The van der Waals surface area contributed by atoms with Crippen LogP contribution < -0.4 is 0 Å². The van der Waals surface area contributed by atoms with Gasteiger partial charge in [0.05, 0.1) is 0 Å². The fourth-order valence-corrected chi connectivity index (χ4v) is 2.14. The maximum Gasteiger partial charge on any atom is 0.320 e. The molecule has 0 radical (unpaired) electrons. The summed E-state index contributed by atoms with van der Waals surface area (Å²) in [4.78, 5) is 16.9. The van der Waals surface area contributed by atoms with Crippen LogP contribution in [-0.2, 0) is 11.3 Å². The molecule has 1 unspecified atom stereocenters. The minimum Gasteiger partial charge on any atom is -0.480 e. The Labute approximate surface area is 98.9 Å². The van der Waals surface area contributed by atoms with Crippen LogP contribution in [0.3, 0.4) is 0 Å². The minimum atomic E-state index is -0.737. The average Bonchev–Trinajstić information content (AvgIpc) is 2.69. The Morgan fingerprint density at radius 3 is 3.06 bits per heavy atom. The van der Waals surface area contributed by atoms with E-state index in [1.807, 2.05) is 11.0 Å². The second-order valence-electron chi connectivity index (χ2n) is 3.96. The van der Waals surface area contributed by atoms with Crippen LogP contribution in [0.2, 0.25) is 5.15 Å². The van der Waals surface area contributed by atoms with Gasteiger partial charge in [-0.3, -0.25) is 9.69 Å². The Kier molecular flexibility index (Phi) is 3.41. The molecule has 16 heavy (non-hydrogen) atoms. The third-order valence-corrected chi connectivity index (χ3v) is 3.05. The van der Waals surface area contributed by atoms with Gasteiger partial charge in [0.15, 0.2) is 0 Å². The molecule has 1 atom stereocenters. The van der Waals surface area contributed by atoms with Gasteiger partial charge in [0.2, 0.25) is 0 Å². The van der Waals surface area contributed by atoms with Crippen molar-refractivity contribution >= 4 is 17.6 Å². The standard InChI is InChI=1S/C11H13ClN2O2/c12-10-4-3-8(6-13-10)7-14-5-1-2-9(14)11(15)16/h3-4,6,9H,1-2,5,7H2,(H,15,16). The molecule has 5 heteroatoms. The van der Waals surface area contributed by atoms with Gasteiger partial charge in [-0.25, -0.2) is 4.98 Å². The molecule has 0 saturated carbocycles. The first-order chi connectivity index (χ1) is 7.66. The van der Waals surface area contributed by atoms with Crippen LogP contribution in [0.25, 0.3) is 0 Å². The number of aromatic nitrogens is 1. The molecule has 1 aromatic rings. The number of carboxylic acids is 1. The molecule has 2 heterocycles. The van der Waals surface area contributed by atoms with E-state index in [-0.39, 0.29) is 6.04 Å². The van der Waals surface area contributed by atoms with Gasteiger partial charge in [-0.1, -0.05) is 17.7 Å². The van der Waals surface area contributed by atoms with Crippen LogP contribution >= 0.6 is 11.6 Å². The highest BCUT2D eigenvalue weighted by Crippen LogP contribution is 2.20. The number of hydrogen-bond donors (Lipinski definition) is 1. The van der Waals surface area contributed by atoms with Crippen molar-refractivity contribution in [3.8, 4) is 0 Å². The quantitative estimate of drug-likeness (QED) is 0.819. The van der Waals surface area contributed by atoms with Gasteiger partial charge < -0.3 is 5.11 Å². The van der Waals surface area contributed by atoms with Gasteiger partial charge in [-0.05, 0) is 31.0 Å². The summed E-state index contributed by atoms with van der Waals surface area (Å²) in [5, 5.41) is 9.49. The SMILES string of the molecule is O=C(O)C1CCCN1Cc1ccc(Cl)nc1. The van der Waals surface area contributed by atoms with Gasteiger partial charge in [0, 0.05) is 12.7 Å². The molecular formula is C11H13ClN2O2. The van der Waals surface area contributed by atoms with E-state index in [0.29, 0.717) is 11.7 Å². The summed E-state index contributed by atoms with van der Waals surface area (Å²) in [6.45, 7) is 1.46. The van der Waals surface area contributed by atoms with Crippen molar-refractivity contribution in [2.45, 2.75) is 25.4 Å². The summed E-state index contributed by atoms with van der Waals surface area (Å²) in [7, 11) is 0. The van der Waals surface area contributed by atoms with E-state index >= 15 is 0 Å². The summed E-state index contributed by atoms with van der Waals surface area (Å²) in [6.07, 6.45) is 3.37. The van der Waals surface area contributed by atoms with Crippen molar-refractivity contribution in [3.05, 3.63) is 29.0 Å². The molecule has 0 aliphatic carbocycles. The Bertz CT molecular complexity index is 380. The molecular weight excluding hydrogens is 228 g/mol. The van der Waals surface area contributed by atoms with Crippen LogP contribution in [0.1, 0.15) is 18.4 Å². The van der Waals surface area contributed by atoms with Gasteiger partial charge in [-0.15, -0.1) is 0 Å². The molecule has 0 bridgehead atoms. The largest absolute Gasteiger partial charge is 0.480 e. The van der Waals surface area contributed by atoms with E-state index in [0.717, 1.165) is 24.9 Å². The molecule has 4 nitrogen and oxygen atoms in total. The number of aliphatic carboxylic acids is 1. The number of pyridine rings is 1. The van der Waals surface area contributed by atoms with Crippen molar-refractivity contribution in [1.29, 1.82) is 0 Å². The fraction of sp³-hybridized carbons (Fsp3) is 0.455. The maximum atomic E-state index is 11.0. The van der Waals surface area contributed by atoms with E-state index in [9.17, 15) is 4.79 Å². The molecule has 1 saturated heterocycles. The smallest absolute Gasteiger partial charge is 0.320 e. The number of rotatable bonds is 3. The molecule has 0 amide bonds. The first-order valence-corrected chi connectivity index (χ1v) is 5.62. The zero-order valence-electron chi connectivity index (χ0n) is 8.77. The first kappa shape index (κ1) is 11.4. The molecule has 0 aromatic carbocycles. The van der Waals surface area contributed by atoms with Crippen molar-refractivity contribution in [3.63, 3.8) is 0 Å². The molecule has 0 spiro atoms. The third-order valence-electron chi connectivity index (χ3n) is 2.82. The third kappa shape index (κ3) is 2.51. The molecule has 1 aliphatic rings. The number of likely N-dealkylation sites (tertiary alicyclic amines) is 1. The molecule has 1 aromatic heterocycles. The normalized spacial score (nSPS) is 21.2. The van der Waals surface area contributed by atoms with Crippen molar-refractivity contribution < 1.29 is 9.90 Å². The summed E-state index contributed by atoms with van der Waals surface area (Å²) >= 11 is 5.69. The Balaban J connectivity index is 2.03. The minimum absolute atomic E-state index is 0.351. The van der Waals surface area contributed by atoms with Crippen LogP contribution in [0, 0.1) is 0 Å². The lowest BCUT2D eigenvalue weighted by molar-refractivity contribution is -0.142. The van der Waals surface area contributed by atoms with E-state index in [2.05, 4.69) is 4.98 Å². The van der Waals surface area contributed by atoms with Crippen LogP contribution in [-0.4, -0.2) is 33.5 Å². The van der Waals surface area contributed by atoms with Crippen LogP contribution in [0.4, 0.5) is 0 Å². The molecule has 1 aliphatic heterocycles. The second-order valence-corrected chi connectivity index (χ2v) is 4.34. The fourth-order valence-electron chi connectivity index (χ4n) is 2.03. The van der Waals surface area contributed by atoms with Crippen molar-refractivity contribution in [1.82, 2.24) is 9.88 Å². The monoisotopic (exact) mass is 240 g/mol. The molecule has 2 rings (SSSR count). The van der Waals surface area contributed by atoms with Crippen molar-refractivity contribution in [2.24, 2.45) is 0 Å². The first-order valence-electron chi connectivity index (χ1n) is 5.24. The summed E-state index contributed by atoms with van der Waals surface area (Å²) in [5.74, 6) is -0.737. The van der Waals surface area contributed by atoms with E-state index in [4.69, 9.17) is 16.7 Å².